The molecule has 0 aromatic heterocycles. The average Bonchev–Trinajstić information content (AvgIpc) is 2.79. The lowest BCUT2D eigenvalue weighted by Crippen LogP contribution is -2.47. The molecular weight excluding hydrogens is 252 g/mol. The molecule has 2 fully saturated rings. The van der Waals surface area contributed by atoms with E-state index in [1.54, 1.807) is 11.9 Å². The van der Waals surface area contributed by atoms with Gasteiger partial charge in [0.1, 0.15) is 6.04 Å². The van der Waals surface area contributed by atoms with Crippen molar-refractivity contribution in [3.8, 4) is 0 Å². The van der Waals surface area contributed by atoms with Crippen molar-refractivity contribution in [2.75, 3.05) is 31.6 Å². The van der Waals surface area contributed by atoms with Gasteiger partial charge in [-0.15, -0.1) is 0 Å². The summed E-state index contributed by atoms with van der Waals surface area (Å²) in [6.07, 6.45) is 4.81. The molecule has 0 bridgehead atoms. The van der Waals surface area contributed by atoms with E-state index in [2.05, 4.69) is 5.32 Å². The lowest BCUT2D eigenvalue weighted by Gasteiger charge is -2.26. The Morgan fingerprint density at radius 2 is 2.00 bits per heavy atom. The SMILES string of the molecule is CNC1CS(=O)(=O)CCN(CC2CCCC2)C1=O. The summed E-state index contributed by atoms with van der Waals surface area (Å²) in [4.78, 5) is 14.0. The normalized spacial score (nSPS) is 29.5. The molecule has 2 aliphatic rings. The molecule has 1 saturated heterocycles. The summed E-state index contributed by atoms with van der Waals surface area (Å²) in [5, 5.41) is 2.83. The standard InChI is InChI=1S/C12H22N2O3S/c1-13-11-9-18(16,17)7-6-14(12(11)15)8-10-4-2-3-5-10/h10-11,13H,2-9H2,1H3. The molecule has 104 valence electrons. The Morgan fingerprint density at radius 3 is 2.61 bits per heavy atom. The first-order chi connectivity index (χ1) is 8.52. The maximum Gasteiger partial charge on any atom is 0.240 e. The van der Waals surface area contributed by atoms with E-state index >= 15 is 0 Å². The molecule has 2 rings (SSSR count). The number of likely N-dealkylation sites (N-methyl/N-ethyl adjacent to an activating group) is 1. The minimum absolute atomic E-state index is 0.0505. The summed E-state index contributed by atoms with van der Waals surface area (Å²) in [5.74, 6) is 0.547. The van der Waals surface area contributed by atoms with E-state index in [0.717, 1.165) is 6.54 Å². The summed E-state index contributed by atoms with van der Waals surface area (Å²) < 4.78 is 23.5. The van der Waals surface area contributed by atoms with Crippen molar-refractivity contribution in [3.05, 3.63) is 0 Å². The molecular formula is C12H22N2O3S. The van der Waals surface area contributed by atoms with Crippen molar-refractivity contribution in [2.45, 2.75) is 31.7 Å². The fourth-order valence-electron chi connectivity index (χ4n) is 2.88. The monoisotopic (exact) mass is 274 g/mol. The zero-order valence-electron chi connectivity index (χ0n) is 10.9. The minimum atomic E-state index is -3.10. The van der Waals surface area contributed by atoms with E-state index in [0.29, 0.717) is 12.5 Å². The number of amides is 1. The molecule has 1 aliphatic heterocycles. The van der Waals surface area contributed by atoms with Crippen LogP contribution in [0.2, 0.25) is 0 Å². The summed E-state index contributed by atoms with van der Waals surface area (Å²) in [6.45, 7) is 1.09. The summed E-state index contributed by atoms with van der Waals surface area (Å²) in [6, 6.07) is -0.570. The van der Waals surface area contributed by atoms with Gasteiger partial charge in [0.25, 0.3) is 0 Å². The van der Waals surface area contributed by atoms with Crippen LogP contribution in [0.25, 0.3) is 0 Å². The van der Waals surface area contributed by atoms with E-state index in [1.807, 2.05) is 0 Å². The lowest BCUT2D eigenvalue weighted by atomic mass is 10.1. The van der Waals surface area contributed by atoms with Crippen LogP contribution in [0.15, 0.2) is 0 Å². The van der Waals surface area contributed by atoms with E-state index in [9.17, 15) is 13.2 Å². The number of carbonyl (C=O) groups excluding carboxylic acids is 1. The maximum atomic E-state index is 12.3. The molecule has 1 N–H and O–H groups in total. The van der Waals surface area contributed by atoms with Crippen molar-refractivity contribution in [1.82, 2.24) is 10.2 Å². The molecule has 1 amide bonds. The minimum Gasteiger partial charge on any atom is -0.340 e. The largest absolute Gasteiger partial charge is 0.340 e. The van der Waals surface area contributed by atoms with Gasteiger partial charge in [0.15, 0.2) is 9.84 Å². The van der Waals surface area contributed by atoms with E-state index in [1.165, 1.54) is 25.7 Å². The van der Waals surface area contributed by atoms with Crippen LogP contribution in [0.3, 0.4) is 0 Å². The zero-order chi connectivity index (χ0) is 13.2. The molecule has 5 nitrogen and oxygen atoms in total. The first-order valence-electron chi connectivity index (χ1n) is 6.68. The molecule has 1 unspecified atom stereocenters. The second-order valence-corrected chi connectivity index (χ2v) is 7.62. The third-order valence-corrected chi connectivity index (χ3v) is 5.65. The van der Waals surface area contributed by atoms with E-state index in [-0.39, 0.29) is 17.4 Å². The fraction of sp³-hybridized carbons (Fsp3) is 0.917. The van der Waals surface area contributed by atoms with E-state index < -0.39 is 15.9 Å². The third kappa shape index (κ3) is 3.23. The highest BCUT2D eigenvalue weighted by Crippen LogP contribution is 2.26. The number of hydrogen-bond donors (Lipinski definition) is 1. The molecule has 0 aromatic rings. The van der Waals surface area contributed by atoms with Crippen LogP contribution in [0.5, 0.6) is 0 Å². The highest BCUT2D eigenvalue weighted by atomic mass is 32.2. The topological polar surface area (TPSA) is 66.5 Å². The molecule has 1 aliphatic carbocycles. The number of nitrogens with zero attached hydrogens (tertiary/aromatic N) is 1. The van der Waals surface area contributed by atoms with Crippen LogP contribution in [0, 0.1) is 5.92 Å². The van der Waals surface area contributed by atoms with Crippen LogP contribution < -0.4 is 5.32 Å². The summed E-state index contributed by atoms with van der Waals surface area (Å²) >= 11 is 0. The molecule has 6 heteroatoms. The number of nitrogens with one attached hydrogen (secondary N) is 1. The molecule has 0 spiro atoms. The average molecular weight is 274 g/mol. The van der Waals surface area contributed by atoms with Crippen LogP contribution in [0.1, 0.15) is 25.7 Å². The van der Waals surface area contributed by atoms with Gasteiger partial charge in [0.2, 0.25) is 5.91 Å². The number of rotatable bonds is 3. The highest BCUT2D eigenvalue weighted by molar-refractivity contribution is 7.91. The number of hydrogen-bond acceptors (Lipinski definition) is 4. The fourth-order valence-corrected chi connectivity index (χ4v) is 4.36. The first-order valence-corrected chi connectivity index (χ1v) is 8.50. The van der Waals surface area contributed by atoms with Crippen LogP contribution in [-0.2, 0) is 14.6 Å². The van der Waals surface area contributed by atoms with Gasteiger partial charge < -0.3 is 10.2 Å². The molecule has 0 radical (unpaired) electrons. The van der Waals surface area contributed by atoms with Gasteiger partial charge in [-0.05, 0) is 25.8 Å². The molecule has 1 heterocycles. The van der Waals surface area contributed by atoms with Crippen molar-refractivity contribution < 1.29 is 13.2 Å². The predicted octanol–water partition coefficient (Wildman–Crippen LogP) is 0.0216. The summed E-state index contributed by atoms with van der Waals surface area (Å²) in [5.41, 5.74) is 0. The Balaban J connectivity index is 2.06. The second-order valence-electron chi connectivity index (χ2n) is 5.39. The quantitative estimate of drug-likeness (QED) is 0.788. The van der Waals surface area contributed by atoms with Crippen molar-refractivity contribution in [1.29, 1.82) is 0 Å². The Bertz CT molecular complexity index is 402. The van der Waals surface area contributed by atoms with Gasteiger partial charge in [-0.2, -0.15) is 0 Å². The molecule has 0 aromatic carbocycles. The van der Waals surface area contributed by atoms with Crippen LogP contribution in [-0.4, -0.2) is 56.9 Å². The lowest BCUT2D eigenvalue weighted by molar-refractivity contribution is -0.132. The molecule has 1 atom stereocenters. The molecule has 18 heavy (non-hydrogen) atoms. The first kappa shape index (κ1) is 13.8. The van der Waals surface area contributed by atoms with Crippen molar-refractivity contribution in [3.63, 3.8) is 0 Å². The van der Waals surface area contributed by atoms with Gasteiger partial charge >= 0.3 is 0 Å². The van der Waals surface area contributed by atoms with Gasteiger partial charge in [0, 0.05) is 13.1 Å². The van der Waals surface area contributed by atoms with Gasteiger partial charge in [-0.25, -0.2) is 8.42 Å². The van der Waals surface area contributed by atoms with Crippen molar-refractivity contribution >= 4 is 15.7 Å². The van der Waals surface area contributed by atoms with Gasteiger partial charge in [0.05, 0.1) is 11.5 Å². The van der Waals surface area contributed by atoms with Crippen LogP contribution >= 0.6 is 0 Å². The van der Waals surface area contributed by atoms with E-state index in [4.69, 9.17) is 0 Å². The predicted molar refractivity (Wildman–Crippen MR) is 70.0 cm³/mol. The Hall–Kier alpha value is -0.620. The Kier molecular flexibility index (Phi) is 4.27. The second kappa shape index (κ2) is 5.57. The summed E-state index contributed by atoms with van der Waals surface area (Å²) in [7, 11) is -1.45. The van der Waals surface area contributed by atoms with Crippen molar-refractivity contribution in [2.24, 2.45) is 5.92 Å². The highest BCUT2D eigenvalue weighted by Gasteiger charge is 2.33. The third-order valence-electron chi connectivity index (χ3n) is 4.00. The van der Waals surface area contributed by atoms with Gasteiger partial charge in [-0.1, -0.05) is 12.8 Å². The maximum absolute atomic E-state index is 12.3. The van der Waals surface area contributed by atoms with Gasteiger partial charge in [-0.3, -0.25) is 4.79 Å². The Labute approximate surface area is 109 Å². The smallest absolute Gasteiger partial charge is 0.240 e. The number of carbonyl (C=O) groups is 1. The molecule has 1 saturated carbocycles. The van der Waals surface area contributed by atoms with Crippen LogP contribution in [0.4, 0.5) is 0 Å². The Morgan fingerprint density at radius 1 is 1.33 bits per heavy atom. The zero-order valence-corrected chi connectivity index (χ0v) is 11.7. The number of sulfone groups is 1.